The Kier molecular flexibility index (Phi) is 3.93. The highest BCUT2D eigenvalue weighted by molar-refractivity contribution is 6.26. The zero-order valence-electron chi connectivity index (χ0n) is 18.2. The van der Waals surface area contributed by atoms with Crippen LogP contribution < -0.4 is 10.2 Å². The minimum atomic E-state index is -1.22. The van der Waals surface area contributed by atoms with E-state index in [1.807, 2.05) is 26.0 Å². The van der Waals surface area contributed by atoms with Crippen LogP contribution in [0.5, 0.6) is 0 Å². The van der Waals surface area contributed by atoms with Crippen molar-refractivity contribution in [1.29, 1.82) is 0 Å². The van der Waals surface area contributed by atoms with Crippen LogP contribution in [0.25, 0.3) is 0 Å². The number of carbonyl (C=O) groups is 3. The molecule has 9 heteroatoms. The molecule has 33 heavy (non-hydrogen) atoms. The van der Waals surface area contributed by atoms with Crippen molar-refractivity contribution >= 4 is 34.8 Å². The van der Waals surface area contributed by atoms with Crippen LogP contribution in [0.3, 0.4) is 0 Å². The molecule has 4 heterocycles. The normalized spacial score (nSPS) is 30.1. The Morgan fingerprint density at radius 3 is 2.48 bits per heavy atom. The lowest BCUT2D eigenvalue weighted by atomic mass is 9.75. The molecule has 0 saturated carbocycles. The number of imide groups is 1. The first-order valence-corrected chi connectivity index (χ1v) is 11.1. The lowest BCUT2D eigenvalue weighted by Crippen LogP contribution is -2.54. The van der Waals surface area contributed by atoms with Gasteiger partial charge >= 0.3 is 0 Å². The maximum Gasteiger partial charge on any atom is 0.269 e. The third-order valence-electron chi connectivity index (χ3n) is 8.02. The number of benzene rings is 2. The first kappa shape index (κ1) is 20.0. The number of nitro benzene ring substituents is 1. The van der Waals surface area contributed by atoms with Crippen molar-refractivity contribution in [2.24, 2.45) is 11.8 Å². The van der Waals surface area contributed by atoms with Crippen LogP contribution in [0, 0.1) is 35.8 Å². The fourth-order valence-corrected chi connectivity index (χ4v) is 6.50. The number of hydrogen-bond acceptors (Lipinski definition) is 6. The van der Waals surface area contributed by atoms with Gasteiger partial charge < -0.3 is 5.32 Å². The number of anilines is 2. The molecule has 4 aliphatic rings. The second-order valence-corrected chi connectivity index (χ2v) is 9.34. The van der Waals surface area contributed by atoms with E-state index < -0.39 is 28.2 Å². The summed E-state index contributed by atoms with van der Waals surface area (Å²) in [7, 11) is 0. The molecule has 2 aromatic rings. The van der Waals surface area contributed by atoms with Crippen LogP contribution in [-0.2, 0) is 19.9 Å². The lowest BCUT2D eigenvalue weighted by molar-refractivity contribution is -0.384. The fourth-order valence-electron chi connectivity index (χ4n) is 6.50. The standard InChI is InChI=1S/C24H22N4O5/c1-12-5-10-16-20(13(12)2)25-23(31)24(16)19-18(17-4-3-11-26(17)24)21(29)27(22(19)30)14-6-8-15(9-7-14)28(32)33/h5-10,17-19H,3-4,11H2,1-2H3,(H,25,31)/t17-,18+,19+,24+/m1/s1. The number of nitrogens with zero attached hydrogens (tertiary/aromatic N) is 3. The van der Waals surface area contributed by atoms with Crippen molar-refractivity contribution in [3.05, 3.63) is 63.2 Å². The second-order valence-electron chi connectivity index (χ2n) is 9.34. The van der Waals surface area contributed by atoms with E-state index in [4.69, 9.17) is 0 Å². The summed E-state index contributed by atoms with van der Waals surface area (Å²) in [5.74, 6) is -2.48. The van der Waals surface area contributed by atoms with Gasteiger partial charge in [-0.05, 0) is 56.5 Å². The number of amides is 3. The first-order valence-electron chi connectivity index (χ1n) is 11.1. The molecule has 4 atom stereocenters. The van der Waals surface area contributed by atoms with Crippen LogP contribution in [0.4, 0.5) is 17.1 Å². The zero-order valence-corrected chi connectivity index (χ0v) is 18.2. The van der Waals surface area contributed by atoms with Crippen molar-refractivity contribution in [2.45, 2.75) is 38.3 Å². The highest BCUT2D eigenvalue weighted by atomic mass is 16.6. The van der Waals surface area contributed by atoms with Gasteiger partial charge in [0.1, 0.15) is 5.54 Å². The van der Waals surface area contributed by atoms with E-state index in [1.165, 1.54) is 24.3 Å². The minimum Gasteiger partial charge on any atom is -0.324 e. The molecule has 6 rings (SSSR count). The number of aryl methyl sites for hydroxylation is 1. The summed E-state index contributed by atoms with van der Waals surface area (Å²) in [5.41, 5.74) is 2.46. The molecule has 168 valence electrons. The molecule has 0 aliphatic carbocycles. The summed E-state index contributed by atoms with van der Waals surface area (Å²) < 4.78 is 0. The van der Waals surface area contributed by atoms with E-state index in [2.05, 4.69) is 10.2 Å². The topological polar surface area (TPSA) is 113 Å². The molecule has 4 aliphatic heterocycles. The summed E-state index contributed by atoms with van der Waals surface area (Å²) in [4.78, 5) is 55.0. The summed E-state index contributed by atoms with van der Waals surface area (Å²) >= 11 is 0. The zero-order chi connectivity index (χ0) is 23.2. The summed E-state index contributed by atoms with van der Waals surface area (Å²) in [6, 6.07) is 9.09. The predicted molar refractivity (Wildman–Crippen MR) is 119 cm³/mol. The largest absolute Gasteiger partial charge is 0.324 e. The van der Waals surface area contributed by atoms with Crippen molar-refractivity contribution in [3.8, 4) is 0 Å². The Balaban J connectivity index is 1.52. The van der Waals surface area contributed by atoms with Crippen LogP contribution in [0.2, 0.25) is 0 Å². The monoisotopic (exact) mass is 446 g/mol. The molecular weight excluding hydrogens is 424 g/mol. The molecule has 0 aromatic heterocycles. The maximum atomic E-state index is 13.9. The van der Waals surface area contributed by atoms with Gasteiger partial charge in [-0.1, -0.05) is 12.1 Å². The third-order valence-corrected chi connectivity index (χ3v) is 8.02. The number of nitrogens with one attached hydrogen (secondary N) is 1. The predicted octanol–water partition coefficient (Wildman–Crippen LogP) is 2.64. The SMILES string of the molecule is Cc1ccc2c(c1C)NC(=O)[C@@]21[C@@H]2C(=O)N(c3ccc([N+](=O)[O-])cc3)C(=O)[C@H]2[C@H]2CCCN21. The number of rotatable bonds is 2. The van der Waals surface area contributed by atoms with Gasteiger partial charge in [-0.2, -0.15) is 0 Å². The van der Waals surface area contributed by atoms with E-state index in [1.54, 1.807) is 0 Å². The smallest absolute Gasteiger partial charge is 0.269 e. The molecule has 3 fully saturated rings. The number of carbonyl (C=O) groups excluding carboxylic acids is 3. The molecule has 9 nitrogen and oxygen atoms in total. The van der Waals surface area contributed by atoms with Gasteiger partial charge in [-0.3, -0.25) is 29.4 Å². The number of hydrogen-bond donors (Lipinski definition) is 1. The van der Waals surface area contributed by atoms with Gasteiger partial charge in [0.05, 0.1) is 22.4 Å². The number of fused-ring (bicyclic) bond motifs is 7. The molecule has 3 saturated heterocycles. The summed E-state index contributed by atoms with van der Waals surface area (Å²) in [5, 5.41) is 14.1. The Morgan fingerprint density at radius 2 is 1.79 bits per heavy atom. The molecule has 1 spiro atoms. The van der Waals surface area contributed by atoms with Gasteiger partial charge in [-0.15, -0.1) is 0 Å². The maximum absolute atomic E-state index is 13.9. The summed E-state index contributed by atoms with van der Waals surface area (Å²) in [6.45, 7) is 4.57. The Bertz CT molecular complexity index is 1270. The molecule has 2 aromatic carbocycles. The Labute approximate surface area is 189 Å². The van der Waals surface area contributed by atoms with Crippen LogP contribution in [-0.4, -0.2) is 40.1 Å². The van der Waals surface area contributed by atoms with Crippen molar-refractivity contribution in [2.75, 3.05) is 16.8 Å². The van der Waals surface area contributed by atoms with E-state index in [9.17, 15) is 24.5 Å². The van der Waals surface area contributed by atoms with Crippen molar-refractivity contribution in [1.82, 2.24) is 4.90 Å². The molecular formula is C24H22N4O5. The quantitative estimate of drug-likeness (QED) is 0.431. The van der Waals surface area contributed by atoms with Crippen LogP contribution in [0.1, 0.15) is 29.5 Å². The first-order chi connectivity index (χ1) is 15.8. The van der Waals surface area contributed by atoms with E-state index in [0.717, 1.165) is 40.1 Å². The average molecular weight is 446 g/mol. The highest BCUT2D eigenvalue weighted by Crippen LogP contribution is 2.61. The number of nitro groups is 1. The molecule has 0 radical (unpaired) electrons. The average Bonchev–Trinajstić information content (AvgIpc) is 3.50. The number of non-ortho nitro benzene ring substituents is 1. The fraction of sp³-hybridized carbons (Fsp3) is 0.375. The van der Waals surface area contributed by atoms with E-state index >= 15 is 0 Å². The second kappa shape index (κ2) is 6.48. The van der Waals surface area contributed by atoms with Gasteiger partial charge in [0.15, 0.2) is 0 Å². The van der Waals surface area contributed by atoms with Crippen LogP contribution in [0.15, 0.2) is 36.4 Å². The molecule has 3 amide bonds. The van der Waals surface area contributed by atoms with Crippen molar-refractivity contribution < 1.29 is 19.3 Å². The van der Waals surface area contributed by atoms with Gasteiger partial charge in [-0.25, -0.2) is 4.90 Å². The molecule has 0 unspecified atom stereocenters. The molecule has 0 bridgehead atoms. The van der Waals surface area contributed by atoms with Gasteiger partial charge in [0, 0.05) is 29.4 Å². The lowest BCUT2D eigenvalue weighted by Gasteiger charge is -2.36. The third kappa shape index (κ3) is 2.27. The Hall–Kier alpha value is -3.59. The summed E-state index contributed by atoms with van der Waals surface area (Å²) in [6.07, 6.45) is 1.59. The van der Waals surface area contributed by atoms with E-state index in [0.29, 0.717) is 12.2 Å². The van der Waals surface area contributed by atoms with Crippen molar-refractivity contribution in [3.63, 3.8) is 0 Å². The van der Waals surface area contributed by atoms with Gasteiger partial charge in [0.2, 0.25) is 17.7 Å². The van der Waals surface area contributed by atoms with Crippen LogP contribution >= 0.6 is 0 Å². The van der Waals surface area contributed by atoms with Gasteiger partial charge in [0.25, 0.3) is 5.69 Å². The molecule has 1 N–H and O–H groups in total. The highest BCUT2D eigenvalue weighted by Gasteiger charge is 2.74. The van der Waals surface area contributed by atoms with E-state index in [-0.39, 0.29) is 23.5 Å². The minimum absolute atomic E-state index is 0.119. The Morgan fingerprint density at radius 1 is 1.06 bits per heavy atom.